The predicted octanol–water partition coefficient (Wildman–Crippen LogP) is 6.75. The van der Waals surface area contributed by atoms with Gasteiger partial charge < -0.3 is 9.30 Å². The van der Waals surface area contributed by atoms with Crippen LogP contribution in [0.2, 0.25) is 0 Å². The van der Waals surface area contributed by atoms with Gasteiger partial charge in [-0.15, -0.1) is 0 Å². The number of hydrogen-bond acceptors (Lipinski definition) is 3. The molecule has 0 aliphatic rings. The quantitative estimate of drug-likeness (QED) is 0.278. The van der Waals surface area contributed by atoms with Gasteiger partial charge in [-0.1, -0.05) is 97.1 Å². The number of benzene rings is 4. The van der Waals surface area contributed by atoms with Gasteiger partial charge in [0.05, 0.1) is 27.6 Å². The summed E-state index contributed by atoms with van der Waals surface area (Å²) in [5.74, 6) is -0.343. The summed E-state index contributed by atoms with van der Waals surface area (Å²) < 4.78 is 8.04. The van der Waals surface area contributed by atoms with E-state index in [0.717, 1.165) is 44.0 Å². The van der Waals surface area contributed by atoms with Gasteiger partial charge in [0.15, 0.2) is 0 Å². The van der Waals surface area contributed by atoms with Crippen molar-refractivity contribution in [2.24, 2.45) is 0 Å². The van der Waals surface area contributed by atoms with E-state index >= 15 is 0 Å². The molecule has 0 atom stereocenters. The lowest BCUT2D eigenvalue weighted by Gasteiger charge is -2.13. The van der Waals surface area contributed by atoms with Gasteiger partial charge in [-0.3, -0.25) is 0 Å². The molecular weight excluding hydrogens is 420 g/mol. The lowest BCUT2D eigenvalue weighted by atomic mass is 10.1. The van der Waals surface area contributed by atoms with Crippen LogP contribution in [0.1, 0.15) is 21.5 Å². The van der Waals surface area contributed by atoms with Gasteiger partial charge >= 0.3 is 5.97 Å². The molecule has 0 aliphatic carbocycles. The first kappa shape index (κ1) is 20.2. The number of hydrogen-bond donors (Lipinski definition) is 0. The van der Waals surface area contributed by atoms with E-state index in [9.17, 15) is 4.79 Å². The second-order valence-corrected chi connectivity index (χ2v) is 8.35. The van der Waals surface area contributed by atoms with Gasteiger partial charge in [0.2, 0.25) is 0 Å². The van der Waals surface area contributed by atoms with E-state index in [4.69, 9.17) is 9.72 Å². The maximum absolute atomic E-state index is 13.7. The first-order valence-electron chi connectivity index (χ1n) is 11.3. The molecule has 4 nitrogen and oxygen atoms in total. The summed E-state index contributed by atoms with van der Waals surface area (Å²) in [6, 6.07) is 36.0. The van der Waals surface area contributed by atoms with Gasteiger partial charge in [-0.2, -0.15) is 0 Å². The lowest BCUT2D eigenvalue weighted by Crippen LogP contribution is -2.10. The fraction of sp³-hybridized carbons (Fsp3) is 0.0667. The number of aromatic nitrogens is 2. The number of rotatable bonds is 5. The van der Waals surface area contributed by atoms with Crippen LogP contribution in [-0.4, -0.2) is 15.5 Å². The summed E-state index contributed by atoms with van der Waals surface area (Å²) in [6.45, 7) is 0.848. The molecule has 0 N–H and O–H groups in total. The Balaban J connectivity index is 1.60. The third kappa shape index (κ3) is 3.50. The lowest BCUT2D eigenvalue weighted by molar-refractivity contribution is 0.0477. The van der Waals surface area contributed by atoms with Crippen molar-refractivity contribution in [2.45, 2.75) is 13.2 Å². The highest BCUT2D eigenvalue weighted by molar-refractivity contribution is 6.19. The molecule has 6 rings (SSSR count). The number of esters is 1. The number of ether oxygens (including phenoxy) is 1. The van der Waals surface area contributed by atoms with Crippen molar-refractivity contribution in [1.82, 2.24) is 9.55 Å². The third-order valence-corrected chi connectivity index (χ3v) is 6.19. The van der Waals surface area contributed by atoms with Gasteiger partial charge in [0.25, 0.3) is 0 Å². The smallest absolute Gasteiger partial charge is 0.341 e. The SMILES string of the molecule is O=C(OCc1ccccc1)c1c2ccccc2nc2c3ccccc3n(Cc3ccccc3)c12. The summed E-state index contributed by atoms with van der Waals surface area (Å²) in [4.78, 5) is 18.7. The van der Waals surface area contributed by atoms with E-state index in [2.05, 4.69) is 28.8 Å². The zero-order valence-electron chi connectivity index (χ0n) is 18.5. The summed E-state index contributed by atoms with van der Waals surface area (Å²) in [5, 5.41) is 1.82. The molecule has 0 saturated heterocycles. The molecule has 0 fully saturated rings. The molecule has 4 heteroatoms. The first-order valence-corrected chi connectivity index (χ1v) is 11.3. The molecule has 0 saturated carbocycles. The topological polar surface area (TPSA) is 44.1 Å². The highest BCUT2D eigenvalue weighted by Crippen LogP contribution is 2.35. The summed E-state index contributed by atoms with van der Waals surface area (Å²) in [5.41, 5.74) is 6.12. The first-order chi connectivity index (χ1) is 16.8. The molecule has 34 heavy (non-hydrogen) atoms. The Hall–Kier alpha value is -4.44. The number of pyridine rings is 1. The molecule has 0 radical (unpaired) electrons. The minimum Gasteiger partial charge on any atom is -0.457 e. The maximum Gasteiger partial charge on any atom is 0.341 e. The Morgan fingerprint density at radius 3 is 2.09 bits per heavy atom. The maximum atomic E-state index is 13.7. The number of para-hydroxylation sites is 2. The summed E-state index contributed by atoms with van der Waals surface area (Å²) in [7, 11) is 0. The number of carbonyl (C=O) groups is 1. The molecule has 164 valence electrons. The average molecular weight is 443 g/mol. The highest BCUT2D eigenvalue weighted by Gasteiger charge is 2.23. The Bertz CT molecular complexity index is 1640. The van der Waals surface area contributed by atoms with Crippen molar-refractivity contribution >= 4 is 38.8 Å². The third-order valence-electron chi connectivity index (χ3n) is 6.19. The minimum atomic E-state index is -0.343. The van der Waals surface area contributed by atoms with Crippen molar-refractivity contribution in [3.05, 3.63) is 126 Å². The van der Waals surface area contributed by atoms with Crippen LogP contribution in [0.5, 0.6) is 0 Å². The standard InChI is InChI=1S/C30H22N2O2/c33-30(34-20-22-13-5-2-6-14-22)27-23-15-7-9-17-25(23)31-28-24-16-8-10-18-26(24)32(29(27)28)19-21-11-3-1-4-12-21/h1-18H,19-20H2. The molecule has 6 aromatic rings. The van der Waals surface area contributed by atoms with Crippen LogP contribution < -0.4 is 0 Å². The molecule has 0 bridgehead atoms. The van der Waals surface area contributed by atoms with Gasteiger partial charge in [0.1, 0.15) is 6.61 Å². The fourth-order valence-electron chi connectivity index (χ4n) is 4.61. The van der Waals surface area contributed by atoms with Crippen molar-refractivity contribution in [3.63, 3.8) is 0 Å². The van der Waals surface area contributed by atoms with E-state index in [1.54, 1.807) is 0 Å². The molecule has 0 unspecified atom stereocenters. The summed E-state index contributed by atoms with van der Waals surface area (Å²) in [6.07, 6.45) is 0. The Morgan fingerprint density at radius 2 is 1.32 bits per heavy atom. The molecule has 0 spiro atoms. The minimum absolute atomic E-state index is 0.219. The van der Waals surface area contributed by atoms with Gasteiger partial charge in [-0.25, -0.2) is 9.78 Å². The van der Waals surface area contributed by atoms with E-state index < -0.39 is 0 Å². The number of nitrogens with zero attached hydrogens (tertiary/aromatic N) is 2. The Kier molecular flexibility index (Phi) is 5.04. The highest BCUT2D eigenvalue weighted by atomic mass is 16.5. The van der Waals surface area contributed by atoms with Crippen molar-refractivity contribution in [3.8, 4) is 0 Å². The zero-order valence-corrected chi connectivity index (χ0v) is 18.5. The number of fused-ring (bicyclic) bond motifs is 4. The zero-order chi connectivity index (χ0) is 22.9. The normalized spacial score (nSPS) is 11.3. The van der Waals surface area contributed by atoms with Crippen LogP contribution in [0.25, 0.3) is 32.8 Å². The molecule has 0 aliphatic heterocycles. The monoisotopic (exact) mass is 442 g/mol. The molecule has 4 aromatic carbocycles. The van der Waals surface area contributed by atoms with E-state index in [0.29, 0.717) is 12.1 Å². The van der Waals surface area contributed by atoms with Gasteiger partial charge in [0, 0.05) is 17.3 Å². The Morgan fingerprint density at radius 1 is 0.706 bits per heavy atom. The van der Waals surface area contributed by atoms with Crippen molar-refractivity contribution in [2.75, 3.05) is 0 Å². The van der Waals surface area contributed by atoms with E-state index in [-0.39, 0.29) is 12.6 Å². The summed E-state index contributed by atoms with van der Waals surface area (Å²) >= 11 is 0. The second kappa shape index (κ2) is 8.49. The van der Waals surface area contributed by atoms with Crippen LogP contribution in [0.3, 0.4) is 0 Å². The second-order valence-electron chi connectivity index (χ2n) is 8.35. The Labute approximate surface area is 197 Å². The van der Waals surface area contributed by atoms with Crippen LogP contribution in [0.4, 0.5) is 0 Å². The van der Waals surface area contributed by atoms with Crippen LogP contribution in [0, 0.1) is 0 Å². The van der Waals surface area contributed by atoms with E-state index in [1.165, 1.54) is 0 Å². The van der Waals surface area contributed by atoms with Gasteiger partial charge in [-0.05, 0) is 23.3 Å². The van der Waals surface area contributed by atoms with Crippen LogP contribution in [0.15, 0.2) is 109 Å². The molecule has 0 amide bonds. The fourth-order valence-corrected chi connectivity index (χ4v) is 4.61. The number of carbonyl (C=O) groups excluding carboxylic acids is 1. The van der Waals surface area contributed by atoms with Crippen molar-refractivity contribution in [1.29, 1.82) is 0 Å². The van der Waals surface area contributed by atoms with Crippen LogP contribution in [-0.2, 0) is 17.9 Å². The molecular formula is C30H22N2O2. The predicted molar refractivity (Wildman–Crippen MR) is 136 cm³/mol. The molecule has 2 aromatic heterocycles. The van der Waals surface area contributed by atoms with E-state index in [1.807, 2.05) is 84.9 Å². The molecule has 2 heterocycles. The average Bonchev–Trinajstić information content (AvgIpc) is 3.20. The largest absolute Gasteiger partial charge is 0.457 e. The van der Waals surface area contributed by atoms with Crippen molar-refractivity contribution < 1.29 is 9.53 Å². The van der Waals surface area contributed by atoms with Crippen LogP contribution >= 0.6 is 0 Å².